The van der Waals surface area contributed by atoms with E-state index in [1.54, 1.807) is 0 Å². The number of benzene rings is 2. The predicted octanol–water partition coefficient (Wildman–Crippen LogP) is 3.01. The van der Waals surface area contributed by atoms with E-state index in [-0.39, 0.29) is 34.9 Å². The minimum atomic E-state index is -0.695. The number of halogens is 2. The fourth-order valence-corrected chi connectivity index (χ4v) is 1.94. The number of ether oxygens (including phenoxy) is 1. The van der Waals surface area contributed by atoms with Crippen molar-refractivity contribution < 1.29 is 23.1 Å². The van der Waals surface area contributed by atoms with Crippen LogP contribution in [0.4, 0.5) is 14.5 Å². The van der Waals surface area contributed by atoms with Crippen LogP contribution in [0.15, 0.2) is 47.5 Å². The summed E-state index contributed by atoms with van der Waals surface area (Å²) < 4.78 is 31.1. The summed E-state index contributed by atoms with van der Waals surface area (Å²) >= 11 is 0. The number of hydrogen-bond donors (Lipinski definition) is 1. The van der Waals surface area contributed by atoms with Crippen LogP contribution in [-0.4, -0.2) is 24.7 Å². The van der Waals surface area contributed by atoms with Crippen LogP contribution in [0, 0.1) is 11.6 Å². The summed E-state index contributed by atoms with van der Waals surface area (Å²) in [6.07, 6.45) is -0.270. The molecule has 0 heterocycles. The maximum Gasteiger partial charge on any atom is 0.337 e. The van der Waals surface area contributed by atoms with Crippen LogP contribution in [-0.2, 0) is 4.74 Å². The Morgan fingerprint density at radius 3 is 2.33 bits per heavy atom. The highest BCUT2D eigenvalue weighted by atomic mass is 19.1. The van der Waals surface area contributed by atoms with Gasteiger partial charge in [0.05, 0.1) is 19.1 Å². The summed E-state index contributed by atoms with van der Waals surface area (Å²) in [5.74, 6) is -2.33. The Kier molecular flexibility index (Phi) is 5.36. The highest BCUT2D eigenvalue weighted by Crippen LogP contribution is 2.20. The van der Waals surface area contributed by atoms with Crippen molar-refractivity contribution in [2.45, 2.75) is 6.42 Å². The third-order valence-electron chi connectivity index (χ3n) is 3.14. The topological polar surface area (TPSA) is 81.8 Å². The van der Waals surface area contributed by atoms with E-state index in [0.29, 0.717) is 0 Å². The van der Waals surface area contributed by atoms with E-state index in [1.165, 1.54) is 31.4 Å². The quantitative estimate of drug-likeness (QED) is 0.395. The smallest absolute Gasteiger partial charge is 0.337 e. The zero-order valence-electron chi connectivity index (χ0n) is 12.8. The first-order valence-electron chi connectivity index (χ1n) is 6.90. The van der Waals surface area contributed by atoms with Crippen LogP contribution in [0.25, 0.3) is 0 Å². The first kappa shape index (κ1) is 17.3. The number of esters is 1. The van der Waals surface area contributed by atoms with Gasteiger partial charge >= 0.3 is 5.97 Å². The molecule has 0 radical (unpaired) electrons. The second-order valence-corrected chi connectivity index (χ2v) is 4.87. The third-order valence-corrected chi connectivity index (χ3v) is 3.14. The summed E-state index contributed by atoms with van der Waals surface area (Å²) in [6.45, 7) is 0. The van der Waals surface area contributed by atoms with Gasteiger partial charge in [0.1, 0.15) is 23.2 Å². The first-order chi connectivity index (χ1) is 11.4. The van der Waals surface area contributed by atoms with E-state index in [9.17, 15) is 18.4 Å². The molecule has 0 atom stereocenters. The minimum absolute atomic E-state index is 0.107. The molecule has 2 N–H and O–H groups in total. The fraction of sp³-hybridized carbons (Fsp3) is 0.118. The van der Waals surface area contributed by atoms with Crippen molar-refractivity contribution in [3.8, 4) is 0 Å². The van der Waals surface area contributed by atoms with Crippen LogP contribution >= 0.6 is 0 Å². The molecule has 0 bridgehead atoms. The predicted molar refractivity (Wildman–Crippen MR) is 84.4 cm³/mol. The first-order valence-corrected chi connectivity index (χ1v) is 6.90. The highest BCUT2D eigenvalue weighted by molar-refractivity contribution is 6.09. The Labute approximate surface area is 136 Å². The molecule has 0 spiro atoms. The van der Waals surface area contributed by atoms with Crippen LogP contribution < -0.4 is 5.73 Å². The van der Waals surface area contributed by atoms with Gasteiger partial charge in [-0.3, -0.25) is 4.79 Å². The van der Waals surface area contributed by atoms with Crippen molar-refractivity contribution in [1.82, 2.24) is 0 Å². The van der Waals surface area contributed by atoms with Crippen LogP contribution in [0.5, 0.6) is 0 Å². The van der Waals surface area contributed by atoms with Crippen LogP contribution in [0.2, 0.25) is 0 Å². The number of nitrogens with zero attached hydrogens (tertiary/aromatic N) is 1. The molecule has 0 fully saturated rings. The molecule has 2 aromatic carbocycles. The minimum Gasteiger partial charge on any atom is -0.465 e. The molecule has 7 heteroatoms. The summed E-state index contributed by atoms with van der Waals surface area (Å²) in [4.78, 5) is 27.3. The van der Waals surface area contributed by atoms with Crippen LogP contribution in [0.3, 0.4) is 0 Å². The number of amidine groups is 1. The molecule has 0 aliphatic heterocycles. The molecule has 2 rings (SSSR count). The Bertz CT molecular complexity index is 802. The number of nitrogens with two attached hydrogens (primary N) is 1. The second-order valence-electron chi connectivity index (χ2n) is 4.87. The van der Waals surface area contributed by atoms with Crippen molar-refractivity contribution >= 4 is 23.3 Å². The van der Waals surface area contributed by atoms with Gasteiger partial charge in [-0.1, -0.05) is 0 Å². The average molecular weight is 332 g/mol. The molecular formula is C17H14F2N2O3. The maximum absolute atomic E-state index is 13.8. The van der Waals surface area contributed by atoms with Gasteiger partial charge in [0, 0.05) is 5.56 Å². The van der Waals surface area contributed by atoms with Crippen LogP contribution in [0.1, 0.15) is 27.1 Å². The number of carbonyl (C=O) groups excluding carboxylic acids is 2. The summed E-state index contributed by atoms with van der Waals surface area (Å²) in [6, 6.07) is 8.43. The van der Waals surface area contributed by atoms with E-state index in [2.05, 4.69) is 9.73 Å². The Morgan fingerprint density at radius 1 is 1.08 bits per heavy atom. The van der Waals surface area contributed by atoms with Crippen molar-refractivity contribution in [3.63, 3.8) is 0 Å². The average Bonchev–Trinajstić information content (AvgIpc) is 2.56. The van der Waals surface area contributed by atoms with Gasteiger partial charge in [0.2, 0.25) is 0 Å². The molecule has 0 saturated carbocycles. The summed E-state index contributed by atoms with van der Waals surface area (Å²) in [7, 11) is 1.20. The maximum atomic E-state index is 13.8. The largest absolute Gasteiger partial charge is 0.465 e. The third kappa shape index (κ3) is 4.22. The van der Waals surface area contributed by atoms with E-state index in [4.69, 9.17) is 5.73 Å². The van der Waals surface area contributed by atoms with Crippen molar-refractivity contribution in [2.24, 2.45) is 10.7 Å². The number of hydrogen-bond acceptors (Lipinski definition) is 4. The highest BCUT2D eigenvalue weighted by Gasteiger charge is 2.12. The molecule has 124 valence electrons. The fourth-order valence-electron chi connectivity index (χ4n) is 1.94. The molecule has 0 unspecified atom stereocenters. The lowest BCUT2D eigenvalue weighted by atomic mass is 10.1. The van der Waals surface area contributed by atoms with Crippen molar-refractivity contribution in [2.75, 3.05) is 7.11 Å². The Balaban J connectivity index is 2.19. The number of rotatable bonds is 5. The zero-order valence-corrected chi connectivity index (χ0v) is 12.8. The number of carbonyl (C=O) groups is 2. The summed E-state index contributed by atoms with van der Waals surface area (Å²) in [5.41, 5.74) is 5.86. The number of ketones is 1. The second kappa shape index (κ2) is 7.45. The molecule has 24 heavy (non-hydrogen) atoms. The van der Waals surface area contributed by atoms with Gasteiger partial charge in [-0.25, -0.2) is 18.6 Å². The Hall–Kier alpha value is -3.09. The number of methoxy groups -OCH3 is 1. The molecule has 0 aliphatic carbocycles. The summed E-state index contributed by atoms with van der Waals surface area (Å²) in [5, 5.41) is 0. The molecule has 0 aromatic heterocycles. The lowest BCUT2D eigenvalue weighted by molar-refractivity contribution is 0.0600. The van der Waals surface area contributed by atoms with Gasteiger partial charge in [0.25, 0.3) is 0 Å². The molecular weight excluding hydrogens is 318 g/mol. The molecule has 2 aromatic rings. The van der Waals surface area contributed by atoms with E-state index < -0.39 is 17.6 Å². The van der Waals surface area contributed by atoms with Crippen molar-refractivity contribution in [3.05, 3.63) is 65.2 Å². The van der Waals surface area contributed by atoms with Gasteiger partial charge in [-0.15, -0.1) is 0 Å². The molecule has 0 amide bonds. The van der Waals surface area contributed by atoms with Gasteiger partial charge < -0.3 is 10.5 Å². The Morgan fingerprint density at radius 2 is 1.71 bits per heavy atom. The zero-order chi connectivity index (χ0) is 17.7. The van der Waals surface area contributed by atoms with Gasteiger partial charge in [-0.2, -0.15) is 0 Å². The number of aliphatic imine (C=N–C) groups is 1. The SMILES string of the molecule is COC(=O)c1ccc(F)c(N=C(N)CC(=O)c2ccc(F)cc2)c1. The van der Waals surface area contributed by atoms with Crippen molar-refractivity contribution in [1.29, 1.82) is 0 Å². The molecule has 0 saturated heterocycles. The lowest BCUT2D eigenvalue weighted by Crippen LogP contribution is -2.17. The normalized spacial score (nSPS) is 11.2. The standard InChI is InChI=1S/C17H14F2N2O3/c1-24-17(23)11-4-7-13(19)14(8-11)21-16(20)9-15(22)10-2-5-12(18)6-3-10/h2-8H,9H2,1H3,(H2,20,21). The van der Waals surface area contributed by atoms with E-state index in [0.717, 1.165) is 18.2 Å². The van der Waals surface area contributed by atoms with Gasteiger partial charge in [-0.05, 0) is 42.5 Å². The molecule has 0 aliphatic rings. The lowest BCUT2D eigenvalue weighted by Gasteiger charge is -2.04. The molecule has 5 nitrogen and oxygen atoms in total. The monoisotopic (exact) mass is 332 g/mol. The van der Waals surface area contributed by atoms with E-state index in [1.807, 2.05) is 0 Å². The van der Waals surface area contributed by atoms with Gasteiger partial charge in [0.15, 0.2) is 5.78 Å². The number of Topliss-reactive ketones (excluding diaryl/α,β-unsaturated/α-hetero) is 1. The van der Waals surface area contributed by atoms with E-state index >= 15 is 0 Å².